The van der Waals surface area contributed by atoms with Crippen molar-refractivity contribution < 1.29 is 9.53 Å². The van der Waals surface area contributed by atoms with Crippen molar-refractivity contribution in [1.29, 1.82) is 0 Å². The van der Waals surface area contributed by atoms with Crippen molar-refractivity contribution in [2.24, 2.45) is 0 Å². The number of morpholine rings is 1. The lowest BCUT2D eigenvalue weighted by Crippen LogP contribution is -2.45. The Kier molecular flexibility index (Phi) is 4.47. The van der Waals surface area contributed by atoms with E-state index in [2.05, 4.69) is 13.8 Å². The Hall–Kier alpha value is -1.49. The van der Waals surface area contributed by atoms with Gasteiger partial charge in [-0.1, -0.05) is 13.8 Å². The van der Waals surface area contributed by atoms with Crippen LogP contribution in [-0.2, 0) is 11.3 Å². The summed E-state index contributed by atoms with van der Waals surface area (Å²) < 4.78 is 7.55. The molecule has 0 bridgehead atoms. The standard InChI is InChI=1S/C14H23N3O2/c1-3-5-16-9-11(15)8-13(16)14(18)17-6-7-19-12(4-2)10-17/h8-9,12H,3-7,10,15H2,1-2H3. The maximum absolute atomic E-state index is 12.6. The molecule has 0 saturated carbocycles. The lowest BCUT2D eigenvalue weighted by Gasteiger charge is -2.32. The number of nitrogen functional groups attached to an aromatic ring is 1. The number of amides is 1. The van der Waals surface area contributed by atoms with Gasteiger partial charge in [-0.05, 0) is 18.9 Å². The van der Waals surface area contributed by atoms with Gasteiger partial charge in [-0.2, -0.15) is 0 Å². The topological polar surface area (TPSA) is 60.5 Å². The summed E-state index contributed by atoms with van der Waals surface area (Å²) in [7, 11) is 0. The average Bonchev–Trinajstić information content (AvgIpc) is 2.79. The molecule has 0 radical (unpaired) electrons. The quantitative estimate of drug-likeness (QED) is 0.902. The van der Waals surface area contributed by atoms with Crippen LogP contribution in [0, 0.1) is 0 Å². The lowest BCUT2D eigenvalue weighted by molar-refractivity contribution is -0.0229. The number of nitrogens with two attached hydrogens (primary N) is 1. The molecule has 1 unspecified atom stereocenters. The van der Waals surface area contributed by atoms with Gasteiger partial charge >= 0.3 is 0 Å². The molecule has 1 fully saturated rings. The van der Waals surface area contributed by atoms with E-state index in [0.717, 1.165) is 19.4 Å². The summed E-state index contributed by atoms with van der Waals surface area (Å²) in [5.74, 6) is 0.0619. The summed E-state index contributed by atoms with van der Waals surface area (Å²) in [5, 5.41) is 0. The predicted molar refractivity (Wildman–Crippen MR) is 75.1 cm³/mol. The van der Waals surface area contributed by atoms with Crippen LogP contribution < -0.4 is 5.73 Å². The monoisotopic (exact) mass is 265 g/mol. The van der Waals surface area contributed by atoms with Gasteiger partial charge in [0.15, 0.2) is 0 Å². The van der Waals surface area contributed by atoms with Crippen LogP contribution in [-0.4, -0.2) is 41.2 Å². The number of anilines is 1. The summed E-state index contributed by atoms with van der Waals surface area (Å²) in [5.41, 5.74) is 7.16. The van der Waals surface area contributed by atoms with Gasteiger partial charge in [-0.25, -0.2) is 0 Å². The normalized spacial score (nSPS) is 19.7. The molecule has 0 aliphatic carbocycles. The number of hydrogen-bond acceptors (Lipinski definition) is 3. The molecule has 5 nitrogen and oxygen atoms in total. The van der Waals surface area contributed by atoms with Crippen LogP contribution in [0.1, 0.15) is 37.2 Å². The summed E-state index contributed by atoms with van der Waals surface area (Å²) in [6, 6.07) is 1.77. The maximum Gasteiger partial charge on any atom is 0.270 e. The molecule has 19 heavy (non-hydrogen) atoms. The van der Waals surface area contributed by atoms with Crippen LogP contribution in [0.25, 0.3) is 0 Å². The SMILES string of the molecule is CCCn1cc(N)cc1C(=O)N1CCOC(CC)C1. The molecule has 1 aliphatic heterocycles. The van der Waals surface area contributed by atoms with Gasteiger partial charge in [0, 0.05) is 25.8 Å². The van der Waals surface area contributed by atoms with Crippen molar-refractivity contribution in [2.75, 3.05) is 25.4 Å². The van der Waals surface area contributed by atoms with Gasteiger partial charge in [0.2, 0.25) is 0 Å². The van der Waals surface area contributed by atoms with Crippen LogP contribution in [0.2, 0.25) is 0 Å². The highest BCUT2D eigenvalue weighted by molar-refractivity contribution is 5.94. The molecule has 106 valence electrons. The van der Waals surface area contributed by atoms with E-state index in [0.29, 0.717) is 31.1 Å². The van der Waals surface area contributed by atoms with Gasteiger partial charge in [0.25, 0.3) is 5.91 Å². The molecule has 2 heterocycles. The molecule has 1 amide bonds. The molecule has 1 aromatic rings. The molecule has 1 aromatic heterocycles. The number of carbonyl (C=O) groups excluding carboxylic acids is 1. The Morgan fingerprint density at radius 2 is 2.32 bits per heavy atom. The largest absolute Gasteiger partial charge is 0.397 e. The number of ether oxygens (including phenoxy) is 1. The van der Waals surface area contributed by atoms with E-state index in [-0.39, 0.29) is 12.0 Å². The fraction of sp³-hybridized carbons (Fsp3) is 0.643. The van der Waals surface area contributed by atoms with Crippen molar-refractivity contribution in [2.45, 2.75) is 39.3 Å². The van der Waals surface area contributed by atoms with Crippen molar-refractivity contribution in [3.8, 4) is 0 Å². The van der Waals surface area contributed by atoms with E-state index in [4.69, 9.17) is 10.5 Å². The van der Waals surface area contributed by atoms with Crippen LogP contribution in [0.3, 0.4) is 0 Å². The molecular formula is C14H23N3O2. The van der Waals surface area contributed by atoms with Gasteiger partial charge in [0.1, 0.15) is 5.69 Å². The highest BCUT2D eigenvalue weighted by Crippen LogP contribution is 2.16. The molecule has 1 saturated heterocycles. The Morgan fingerprint density at radius 3 is 3.00 bits per heavy atom. The van der Waals surface area contributed by atoms with E-state index in [1.54, 1.807) is 6.07 Å². The van der Waals surface area contributed by atoms with E-state index in [1.807, 2.05) is 15.7 Å². The summed E-state index contributed by atoms with van der Waals surface area (Å²) >= 11 is 0. The first-order valence-corrected chi connectivity index (χ1v) is 7.02. The molecule has 1 atom stereocenters. The van der Waals surface area contributed by atoms with Gasteiger partial charge < -0.3 is 19.9 Å². The third kappa shape index (κ3) is 3.10. The molecule has 0 spiro atoms. The fourth-order valence-electron chi connectivity index (χ4n) is 2.45. The molecular weight excluding hydrogens is 242 g/mol. The molecule has 2 N–H and O–H groups in total. The number of nitrogens with zero attached hydrogens (tertiary/aromatic N) is 2. The highest BCUT2D eigenvalue weighted by Gasteiger charge is 2.25. The lowest BCUT2D eigenvalue weighted by atomic mass is 10.2. The second-order valence-electron chi connectivity index (χ2n) is 5.00. The van der Waals surface area contributed by atoms with Crippen molar-refractivity contribution in [3.05, 3.63) is 18.0 Å². The van der Waals surface area contributed by atoms with Gasteiger partial charge in [-0.3, -0.25) is 4.79 Å². The van der Waals surface area contributed by atoms with E-state index in [1.165, 1.54) is 0 Å². The predicted octanol–water partition coefficient (Wildman–Crippen LogP) is 1.73. The molecule has 2 rings (SSSR count). The number of rotatable bonds is 4. The minimum atomic E-state index is 0.0619. The summed E-state index contributed by atoms with van der Waals surface area (Å²) in [6.45, 7) is 6.94. The first-order valence-electron chi connectivity index (χ1n) is 7.02. The number of aromatic nitrogens is 1. The summed E-state index contributed by atoms with van der Waals surface area (Å²) in [6.07, 6.45) is 3.91. The first kappa shape index (κ1) is 13.9. The fourth-order valence-corrected chi connectivity index (χ4v) is 2.45. The minimum Gasteiger partial charge on any atom is -0.397 e. The Balaban J connectivity index is 2.14. The number of hydrogen-bond donors (Lipinski definition) is 1. The van der Waals surface area contributed by atoms with Crippen molar-refractivity contribution in [3.63, 3.8) is 0 Å². The second-order valence-corrected chi connectivity index (χ2v) is 5.00. The van der Waals surface area contributed by atoms with Crippen LogP contribution in [0.4, 0.5) is 5.69 Å². The van der Waals surface area contributed by atoms with Crippen LogP contribution in [0.5, 0.6) is 0 Å². The van der Waals surface area contributed by atoms with Crippen molar-refractivity contribution >= 4 is 11.6 Å². The second kappa shape index (κ2) is 6.10. The maximum atomic E-state index is 12.6. The van der Waals surface area contributed by atoms with E-state index >= 15 is 0 Å². The van der Waals surface area contributed by atoms with E-state index < -0.39 is 0 Å². The van der Waals surface area contributed by atoms with E-state index in [9.17, 15) is 4.79 Å². The van der Waals surface area contributed by atoms with Gasteiger partial charge in [0.05, 0.1) is 18.4 Å². The van der Waals surface area contributed by atoms with Crippen LogP contribution in [0.15, 0.2) is 12.3 Å². The molecule has 0 aromatic carbocycles. The highest BCUT2D eigenvalue weighted by atomic mass is 16.5. The summed E-state index contributed by atoms with van der Waals surface area (Å²) in [4.78, 5) is 14.4. The molecule has 5 heteroatoms. The Bertz CT molecular complexity index is 442. The number of carbonyl (C=O) groups is 1. The zero-order valence-corrected chi connectivity index (χ0v) is 11.8. The van der Waals surface area contributed by atoms with Crippen molar-refractivity contribution in [1.82, 2.24) is 9.47 Å². The smallest absolute Gasteiger partial charge is 0.270 e. The molecule has 1 aliphatic rings. The zero-order chi connectivity index (χ0) is 13.8. The third-order valence-electron chi connectivity index (χ3n) is 3.48. The first-order chi connectivity index (χ1) is 9.15. The van der Waals surface area contributed by atoms with Gasteiger partial charge in [-0.15, -0.1) is 0 Å². The average molecular weight is 265 g/mol. The van der Waals surface area contributed by atoms with Crippen LogP contribution >= 0.6 is 0 Å². The number of aryl methyl sites for hydroxylation is 1. The Labute approximate surface area is 114 Å². The zero-order valence-electron chi connectivity index (χ0n) is 11.8. The Morgan fingerprint density at radius 1 is 1.53 bits per heavy atom. The third-order valence-corrected chi connectivity index (χ3v) is 3.48. The minimum absolute atomic E-state index is 0.0619.